The second-order valence-corrected chi connectivity index (χ2v) is 8.30. The van der Waals surface area contributed by atoms with Crippen LogP contribution in [-0.2, 0) is 14.3 Å². The zero-order chi connectivity index (χ0) is 25.3. The Labute approximate surface area is 203 Å². The molecular formula is C28H25NO6. The van der Waals surface area contributed by atoms with Gasteiger partial charge in [0.25, 0.3) is 11.7 Å². The van der Waals surface area contributed by atoms with E-state index in [1.54, 1.807) is 42.5 Å². The van der Waals surface area contributed by atoms with Crippen LogP contribution < -0.4 is 9.64 Å². The van der Waals surface area contributed by atoms with Crippen molar-refractivity contribution in [2.45, 2.75) is 19.9 Å². The number of ether oxygens (including phenoxy) is 2. The third-order valence-corrected chi connectivity index (χ3v) is 6.07. The molecule has 1 saturated heterocycles. The Hall–Kier alpha value is -4.39. The first-order valence-electron chi connectivity index (χ1n) is 11.0. The van der Waals surface area contributed by atoms with Gasteiger partial charge in [-0.15, -0.1) is 0 Å². The number of hydrogen-bond acceptors (Lipinski definition) is 6. The summed E-state index contributed by atoms with van der Waals surface area (Å²) in [6.45, 7) is 3.72. The van der Waals surface area contributed by atoms with Crippen LogP contribution in [0.5, 0.6) is 5.75 Å². The van der Waals surface area contributed by atoms with Crippen LogP contribution in [-0.4, -0.2) is 37.0 Å². The number of esters is 1. The van der Waals surface area contributed by atoms with Crippen molar-refractivity contribution in [3.63, 3.8) is 0 Å². The van der Waals surface area contributed by atoms with Gasteiger partial charge in [-0.2, -0.15) is 0 Å². The Morgan fingerprint density at radius 3 is 2.31 bits per heavy atom. The molecule has 0 aliphatic carbocycles. The molecule has 35 heavy (non-hydrogen) atoms. The second kappa shape index (κ2) is 9.46. The lowest BCUT2D eigenvalue weighted by atomic mass is 9.93. The largest absolute Gasteiger partial charge is 0.507 e. The van der Waals surface area contributed by atoms with Gasteiger partial charge in [0.05, 0.1) is 31.4 Å². The van der Waals surface area contributed by atoms with Crippen LogP contribution in [0, 0.1) is 13.8 Å². The van der Waals surface area contributed by atoms with Crippen LogP contribution in [0.2, 0.25) is 0 Å². The van der Waals surface area contributed by atoms with Gasteiger partial charge in [-0.25, -0.2) is 4.79 Å². The summed E-state index contributed by atoms with van der Waals surface area (Å²) in [5.41, 5.74) is 3.43. The van der Waals surface area contributed by atoms with E-state index in [2.05, 4.69) is 0 Å². The fourth-order valence-electron chi connectivity index (χ4n) is 4.24. The Kier molecular flexibility index (Phi) is 6.42. The third kappa shape index (κ3) is 4.28. The van der Waals surface area contributed by atoms with E-state index in [0.717, 1.165) is 11.1 Å². The molecule has 0 radical (unpaired) electrons. The van der Waals surface area contributed by atoms with Gasteiger partial charge in [-0.05, 0) is 67.4 Å². The first-order chi connectivity index (χ1) is 16.8. The van der Waals surface area contributed by atoms with Crippen molar-refractivity contribution >= 4 is 29.1 Å². The number of aliphatic hydroxyl groups is 1. The van der Waals surface area contributed by atoms with E-state index in [0.29, 0.717) is 28.1 Å². The van der Waals surface area contributed by atoms with Crippen molar-refractivity contribution < 1.29 is 29.0 Å². The number of aryl methyl sites for hydroxylation is 2. The summed E-state index contributed by atoms with van der Waals surface area (Å²) < 4.78 is 10.1. The van der Waals surface area contributed by atoms with Crippen molar-refractivity contribution in [2.75, 3.05) is 19.1 Å². The molecule has 7 nitrogen and oxygen atoms in total. The molecule has 7 heteroatoms. The van der Waals surface area contributed by atoms with Crippen LogP contribution in [0.15, 0.2) is 72.3 Å². The van der Waals surface area contributed by atoms with E-state index < -0.39 is 23.7 Å². The van der Waals surface area contributed by atoms with Gasteiger partial charge in [0.2, 0.25) is 0 Å². The number of methoxy groups -OCH3 is 2. The van der Waals surface area contributed by atoms with E-state index in [1.807, 2.05) is 26.0 Å². The summed E-state index contributed by atoms with van der Waals surface area (Å²) in [6, 6.07) is 17.8. The number of benzene rings is 3. The number of nitrogens with zero attached hydrogens (tertiary/aromatic N) is 1. The highest BCUT2D eigenvalue weighted by atomic mass is 16.5. The van der Waals surface area contributed by atoms with Gasteiger partial charge in [-0.3, -0.25) is 14.5 Å². The van der Waals surface area contributed by atoms with Gasteiger partial charge in [-0.1, -0.05) is 29.8 Å². The lowest BCUT2D eigenvalue weighted by molar-refractivity contribution is -0.132. The fourth-order valence-corrected chi connectivity index (χ4v) is 4.24. The van der Waals surface area contributed by atoms with E-state index in [4.69, 9.17) is 9.47 Å². The summed E-state index contributed by atoms with van der Waals surface area (Å²) in [6.07, 6.45) is 0. The molecule has 1 amide bonds. The quantitative estimate of drug-likeness (QED) is 0.250. The van der Waals surface area contributed by atoms with Crippen molar-refractivity contribution in [3.8, 4) is 5.75 Å². The smallest absolute Gasteiger partial charge is 0.337 e. The van der Waals surface area contributed by atoms with Gasteiger partial charge >= 0.3 is 5.97 Å². The zero-order valence-electron chi connectivity index (χ0n) is 19.9. The molecule has 1 N–H and O–H groups in total. The molecule has 1 atom stereocenters. The second-order valence-electron chi connectivity index (χ2n) is 8.30. The number of hydrogen-bond donors (Lipinski definition) is 1. The summed E-state index contributed by atoms with van der Waals surface area (Å²) in [5.74, 6) is -1.80. The predicted molar refractivity (Wildman–Crippen MR) is 131 cm³/mol. The number of carbonyl (C=O) groups is 3. The van der Waals surface area contributed by atoms with Crippen molar-refractivity contribution in [1.82, 2.24) is 0 Å². The fraction of sp³-hybridized carbons (Fsp3) is 0.179. The molecule has 1 aliphatic rings. The Bertz CT molecular complexity index is 1360. The molecule has 0 bridgehead atoms. The number of aliphatic hydroxyl groups excluding tert-OH is 1. The molecule has 1 fully saturated rings. The number of Topliss-reactive ketones (excluding diaryl/α,β-unsaturated/α-hetero) is 1. The highest BCUT2D eigenvalue weighted by Crippen LogP contribution is 2.43. The molecule has 0 spiro atoms. The van der Waals surface area contributed by atoms with Gasteiger partial charge in [0.1, 0.15) is 11.5 Å². The van der Waals surface area contributed by atoms with E-state index in [9.17, 15) is 19.5 Å². The van der Waals surface area contributed by atoms with Gasteiger partial charge in [0.15, 0.2) is 0 Å². The zero-order valence-corrected chi connectivity index (χ0v) is 19.9. The number of ketones is 1. The molecule has 0 saturated carbocycles. The van der Waals surface area contributed by atoms with Crippen LogP contribution in [0.25, 0.3) is 5.76 Å². The first kappa shape index (κ1) is 23.8. The van der Waals surface area contributed by atoms with Crippen LogP contribution in [0.4, 0.5) is 5.69 Å². The minimum atomic E-state index is -0.908. The molecule has 0 aromatic heterocycles. The van der Waals surface area contributed by atoms with Gasteiger partial charge < -0.3 is 14.6 Å². The summed E-state index contributed by atoms with van der Waals surface area (Å²) in [4.78, 5) is 39.9. The lowest BCUT2D eigenvalue weighted by Gasteiger charge is -2.26. The van der Waals surface area contributed by atoms with E-state index >= 15 is 0 Å². The number of anilines is 1. The molecule has 1 aliphatic heterocycles. The molecule has 3 aromatic rings. The third-order valence-electron chi connectivity index (χ3n) is 6.07. The number of carbonyl (C=O) groups excluding carboxylic acids is 3. The SMILES string of the molecule is COC(=O)c1ccc(N2C(=O)C(=O)/C(=C(/O)c3cc(C)ccc3C)C2c2cccc(OC)c2)cc1. The summed E-state index contributed by atoms with van der Waals surface area (Å²) in [7, 11) is 2.81. The normalized spacial score (nSPS) is 16.9. The van der Waals surface area contributed by atoms with Crippen molar-refractivity contribution in [1.29, 1.82) is 0 Å². The van der Waals surface area contributed by atoms with Crippen LogP contribution >= 0.6 is 0 Å². The molecule has 1 unspecified atom stereocenters. The van der Waals surface area contributed by atoms with E-state index in [1.165, 1.54) is 31.3 Å². The summed E-state index contributed by atoms with van der Waals surface area (Å²) in [5, 5.41) is 11.4. The van der Waals surface area contributed by atoms with Crippen LogP contribution in [0.3, 0.4) is 0 Å². The maximum atomic E-state index is 13.3. The molecule has 4 rings (SSSR count). The molecule has 178 valence electrons. The molecular weight excluding hydrogens is 446 g/mol. The lowest BCUT2D eigenvalue weighted by Crippen LogP contribution is -2.29. The Morgan fingerprint density at radius 2 is 1.66 bits per heavy atom. The maximum Gasteiger partial charge on any atom is 0.337 e. The van der Waals surface area contributed by atoms with Crippen molar-refractivity contribution in [3.05, 3.63) is 100 Å². The standard InChI is InChI=1S/C28H25NO6/c1-16-8-9-17(2)22(14-16)25(30)23-24(19-6-5-7-21(15-19)34-3)29(27(32)26(23)31)20-12-10-18(11-13-20)28(33)35-4/h5-15,24,30H,1-4H3/b25-23+. The number of rotatable bonds is 5. The average molecular weight is 472 g/mol. The summed E-state index contributed by atoms with van der Waals surface area (Å²) >= 11 is 0. The first-order valence-corrected chi connectivity index (χ1v) is 11.0. The topological polar surface area (TPSA) is 93.1 Å². The Balaban J connectivity index is 1.94. The predicted octanol–water partition coefficient (Wildman–Crippen LogP) is 4.72. The minimum Gasteiger partial charge on any atom is -0.507 e. The van der Waals surface area contributed by atoms with Crippen molar-refractivity contribution in [2.24, 2.45) is 0 Å². The maximum absolute atomic E-state index is 13.3. The Morgan fingerprint density at radius 1 is 0.943 bits per heavy atom. The highest BCUT2D eigenvalue weighted by molar-refractivity contribution is 6.51. The number of amides is 1. The van der Waals surface area contributed by atoms with E-state index in [-0.39, 0.29) is 11.3 Å². The van der Waals surface area contributed by atoms with Crippen LogP contribution in [0.1, 0.15) is 38.7 Å². The molecule has 1 heterocycles. The van der Waals surface area contributed by atoms with Gasteiger partial charge in [0, 0.05) is 11.3 Å². The monoisotopic (exact) mass is 471 g/mol. The minimum absolute atomic E-state index is 0.0194. The highest BCUT2D eigenvalue weighted by Gasteiger charge is 2.47. The molecule has 3 aromatic carbocycles. The average Bonchev–Trinajstić information content (AvgIpc) is 3.15.